The van der Waals surface area contributed by atoms with Crippen LogP contribution in [0, 0.1) is 5.92 Å². The van der Waals surface area contributed by atoms with Crippen molar-refractivity contribution < 1.29 is 24.9 Å². The number of carboxylic acids is 1. The average Bonchev–Trinajstić information content (AvgIpc) is 2.34. The van der Waals surface area contributed by atoms with Crippen LogP contribution in [-0.2, 0) is 4.79 Å². The van der Waals surface area contributed by atoms with Crippen LogP contribution in [0.25, 0.3) is 0 Å². The molecule has 0 fully saturated rings. The number of aromatic hydroxyl groups is 2. The van der Waals surface area contributed by atoms with Crippen LogP contribution >= 0.6 is 0 Å². The lowest BCUT2D eigenvalue weighted by Crippen LogP contribution is -2.45. The number of carboxylic acid groups (broad SMARTS) is 1. The number of phenols is 2. The molecule has 1 aromatic rings. The zero-order valence-corrected chi connectivity index (χ0v) is 10.8. The van der Waals surface area contributed by atoms with Gasteiger partial charge in [0.15, 0.2) is 0 Å². The highest BCUT2D eigenvalue weighted by Gasteiger charge is 2.27. The van der Waals surface area contributed by atoms with E-state index in [-0.39, 0.29) is 11.5 Å². The Morgan fingerprint density at radius 2 is 1.79 bits per heavy atom. The van der Waals surface area contributed by atoms with Gasteiger partial charge in [-0.05, 0) is 18.1 Å². The minimum absolute atomic E-state index is 0.269. The van der Waals surface area contributed by atoms with Crippen LogP contribution in [0.4, 0.5) is 0 Å². The van der Waals surface area contributed by atoms with Gasteiger partial charge in [0.2, 0.25) is 0 Å². The van der Waals surface area contributed by atoms with Gasteiger partial charge in [0.25, 0.3) is 5.91 Å². The molecule has 0 saturated heterocycles. The van der Waals surface area contributed by atoms with Crippen molar-refractivity contribution in [2.45, 2.75) is 26.3 Å². The van der Waals surface area contributed by atoms with Crippen LogP contribution < -0.4 is 5.32 Å². The highest BCUT2D eigenvalue weighted by molar-refractivity contribution is 6.01. The summed E-state index contributed by atoms with van der Waals surface area (Å²) in [5, 5.41) is 30.5. The molecule has 1 amide bonds. The number of aliphatic carboxylic acids is 1. The normalized spacial score (nSPS) is 13.6. The van der Waals surface area contributed by atoms with Crippen molar-refractivity contribution in [2.24, 2.45) is 5.92 Å². The zero-order chi connectivity index (χ0) is 14.6. The first-order valence-corrected chi connectivity index (χ1v) is 5.93. The fourth-order valence-corrected chi connectivity index (χ4v) is 1.66. The SMILES string of the molecule is CC[C@H](C)[C@H](NC(=O)c1c(O)cccc1O)C(=O)O. The van der Waals surface area contributed by atoms with Gasteiger partial charge in [-0.25, -0.2) is 4.79 Å². The Hall–Kier alpha value is -2.24. The molecule has 4 N–H and O–H groups in total. The number of nitrogens with one attached hydrogen (secondary N) is 1. The first kappa shape index (κ1) is 14.8. The van der Waals surface area contributed by atoms with Crippen LogP contribution in [-0.4, -0.2) is 33.2 Å². The molecule has 0 spiro atoms. The Balaban J connectivity index is 2.98. The molecule has 104 valence electrons. The quantitative estimate of drug-likeness (QED) is 0.643. The third-order valence-electron chi connectivity index (χ3n) is 3.01. The molecule has 0 aliphatic carbocycles. The van der Waals surface area contributed by atoms with Crippen LogP contribution in [0.3, 0.4) is 0 Å². The van der Waals surface area contributed by atoms with Gasteiger partial charge in [0.05, 0.1) is 0 Å². The van der Waals surface area contributed by atoms with Gasteiger partial charge in [0.1, 0.15) is 23.1 Å². The van der Waals surface area contributed by atoms with Gasteiger partial charge in [-0.15, -0.1) is 0 Å². The Labute approximate surface area is 110 Å². The molecule has 0 unspecified atom stereocenters. The van der Waals surface area contributed by atoms with Crippen molar-refractivity contribution >= 4 is 11.9 Å². The predicted octanol–water partition coefficient (Wildman–Crippen LogP) is 1.33. The molecule has 19 heavy (non-hydrogen) atoms. The van der Waals surface area contributed by atoms with Crippen molar-refractivity contribution in [2.75, 3.05) is 0 Å². The van der Waals surface area contributed by atoms with E-state index in [0.29, 0.717) is 6.42 Å². The maximum atomic E-state index is 11.9. The zero-order valence-electron chi connectivity index (χ0n) is 10.8. The van der Waals surface area contributed by atoms with Gasteiger partial charge in [-0.2, -0.15) is 0 Å². The second-order valence-electron chi connectivity index (χ2n) is 4.35. The van der Waals surface area contributed by atoms with E-state index in [0.717, 1.165) is 0 Å². The molecular weight excluding hydrogens is 250 g/mol. The van der Waals surface area contributed by atoms with E-state index < -0.39 is 29.4 Å². The predicted molar refractivity (Wildman–Crippen MR) is 68.1 cm³/mol. The molecule has 0 bridgehead atoms. The number of hydrogen-bond acceptors (Lipinski definition) is 4. The molecule has 6 heteroatoms. The number of benzene rings is 1. The molecule has 0 heterocycles. The van der Waals surface area contributed by atoms with Gasteiger partial charge in [-0.1, -0.05) is 26.3 Å². The summed E-state index contributed by atoms with van der Waals surface area (Å²) in [4.78, 5) is 23.0. The third kappa shape index (κ3) is 3.37. The standard InChI is InChI=1S/C13H17NO5/c1-3-7(2)11(13(18)19)14-12(17)10-8(15)5-4-6-9(10)16/h4-7,11,15-16H,3H2,1-2H3,(H,14,17)(H,18,19)/t7-,11-/m0/s1. The van der Waals surface area contributed by atoms with Crippen LogP contribution in [0.5, 0.6) is 11.5 Å². The second-order valence-corrected chi connectivity index (χ2v) is 4.35. The number of carbonyl (C=O) groups is 2. The Morgan fingerprint density at radius 1 is 1.26 bits per heavy atom. The molecule has 0 radical (unpaired) electrons. The van der Waals surface area contributed by atoms with Crippen molar-refractivity contribution in [1.82, 2.24) is 5.32 Å². The van der Waals surface area contributed by atoms with Gasteiger partial charge in [-0.3, -0.25) is 4.79 Å². The smallest absolute Gasteiger partial charge is 0.326 e. The Morgan fingerprint density at radius 3 is 2.21 bits per heavy atom. The number of carbonyl (C=O) groups excluding carboxylic acids is 1. The summed E-state index contributed by atoms with van der Waals surface area (Å²) < 4.78 is 0. The third-order valence-corrected chi connectivity index (χ3v) is 3.01. The van der Waals surface area contributed by atoms with Crippen LogP contribution in [0.2, 0.25) is 0 Å². The molecule has 1 aromatic carbocycles. The second kappa shape index (κ2) is 6.08. The van der Waals surface area contributed by atoms with Crippen LogP contribution in [0.15, 0.2) is 18.2 Å². The van der Waals surface area contributed by atoms with E-state index in [4.69, 9.17) is 5.11 Å². The molecule has 0 aliphatic heterocycles. The summed E-state index contributed by atoms with van der Waals surface area (Å²) in [6, 6.07) is 2.79. The van der Waals surface area contributed by atoms with Crippen molar-refractivity contribution in [3.8, 4) is 11.5 Å². The summed E-state index contributed by atoms with van der Waals surface area (Å²) in [7, 11) is 0. The van der Waals surface area contributed by atoms with Gasteiger partial charge in [0, 0.05) is 0 Å². The minimum Gasteiger partial charge on any atom is -0.507 e. The molecule has 0 aromatic heterocycles. The molecule has 0 saturated carbocycles. The maximum Gasteiger partial charge on any atom is 0.326 e. The van der Waals surface area contributed by atoms with E-state index in [9.17, 15) is 19.8 Å². The van der Waals surface area contributed by atoms with Crippen molar-refractivity contribution in [3.05, 3.63) is 23.8 Å². The lowest BCUT2D eigenvalue weighted by Gasteiger charge is -2.20. The largest absolute Gasteiger partial charge is 0.507 e. The highest BCUT2D eigenvalue weighted by atomic mass is 16.4. The summed E-state index contributed by atoms with van der Waals surface area (Å²) in [5.41, 5.74) is -0.322. The Bertz CT molecular complexity index is 466. The van der Waals surface area contributed by atoms with Gasteiger partial charge < -0.3 is 20.6 Å². The molecule has 2 atom stereocenters. The number of rotatable bonds is 5. The van der Waals surface area contributed by atoms with E-state index in [1.807, 2.05) is 6.92 Å². The van der Waals surface area contributed by atoms with Crippen molar-refractivity contribution in [3.63, 3.8) is 0 Å². The van der Waals surface area contributed by atoms with E-state index >= 15 is 0 Å². The molecule has 0 aliphatic rings. The fourth-order valence-electron chi connectivity index (χ4n) is 1.66. The summed E-state index contributed by atoms with van der Waals surface area (Å²) in [5.74, 6) is -3.04. The lowest BCUT2D eigenvalue weighted by molar-refractivity contribution is -0.140. The Kier molecular flexibility index (Phi) is 4.74. The molecule has 6 nitrogen and oxygen atoms in total. The minimum atomic E-state index is -1.15. The maximum absolute atomic E-state index is 11.9. The van der Waals surface area contributed by atoms with Gasteiger partial charge >= 0.3 is 5.97 Å². The van der Waals surface area contributed by atoms with Crippen molar-refractivity contribution in [1.29, 1.82) is 0 Å². The fraction of sp³-hybridized carbons (Fsp3) is 0.385. The monoisotopic (exact) mass is 267 g/mol. The molecule has 1 rings (SSSR count). The lowest BCUT2D eigenvalue weighted by atomic mass is 9.98. The summed E-state index contributed by atoms with van der Waals surface area (Å²) >= 11 is 0. The summed E-state index contributed by atoms with van der Waals surface area (Å²) in [6.07, 6.45) is 0.573. The molecular formula is C13H17NO5. The summed E-state index contributed by atoms with van der Waals surface area (Å²) in [6.45, 7) is 3.51. The number of hydrogen-bond donors (Lipinski definition) is 4. The van der Waals surface area contributed by atoms with E-state index in [1.165, 1.54) is 18.2 Å². The van der Waals surface area contributed by atoms with E-state index in [1.54, 1.807) is 6.92 Å². The van der Waals surface area contributed by atoms with E-state index in [2.05, 4.69) is 5.32 Å². The number of phenolic OH excluding ortho intramolecular Hbond substituents is 2. The first-order valence-electron chi connectivity index (χ1n) is 5.93. The topological polar surface area (TPSA) is 107 Å². The highest BCUT2D eigenvalue weighted by Crippen LogP contribution is 2.26. The number of amides is 1. The average molecular weight is 267 g/mol. The van der Waals surface area contributed by atoms with Crippen LogP contribution in [0.1, 0.15) is 30.6 Å². The first-order chi connectivity index (χ1) is 8.88.